The van der Waals surface area contributed by atoms with Gasteiger partial charge in [-0.3, -0.25) is 8.37 Å². The Hall–Kier alpha value is -1.90. The molecule has 0 radical (unpaired) electrons. The fourth-order valence-electron chi connectivity index (χ4n) is 2.68. The fraction of sp³-hybridized carbons (Fsp3) is 0.400. The summed E-state index contributed by atoms with van der Waals surface area (Å²) in [4.78, 5) is -0.500. The number of hydrogen-bond acceptors (Lipinski definition) is 10. The first-order chi connectivity index (χ1) is 14.9. The maximum Gasteiger partial charge on any atom is 0.297 e. The minimum absolute atomic E-state index is 0.250. The molecule has 0 aromatic heterocycles. The highest BCUT2D eigenvalue weighted by atomic mass is 32.2. The minimum atomic E-state index is -4.43. The van der Waals surface area contributed by atoms with Gasteiger partial charge in [-0.15, -0.1) is 0 Å². The van der Waals surface area contributed by atoms with Gasteiger partial charge in [0.2, 0.25) is 0 Å². The lowest BCUT2D eigenvalue weighted by molar-refractivity contribution is -0.107. The van der Waals surface area contributed by atoms with E-state index >= 15 is 0 Å². The predicted molar refractivity (Wildman–Crippen MR) is 113 cm³/mol. The Labute approximate surface area is 186 Å². The molecule has 0 fully saturated rings. The number of hydrogen-bond donors (Lipinski definition) is 4. The highest BCUT2D eigenvalue weighted by Crippen LogP contribution is 2.21. The monoisotopic (exact) mass is 490 g/mol. The van der Waals surface area contributed by atoms with Crippen molar-refractivity contribution < 1.29 is 45.6 Å². The molecule has 0 spiro atoms. The van der Waals surface area contributed by atoms with Crippen molar-refractivity contribution in [3.8, 4) is 0 Å². The first-order valence-corrected chi connectivity index (χ1v) is 12.3. The molecule has 178 valence electrons. The smallest absolute Gasteiger partial charge is 0.297 e. The standard InChI is InChI=1S/C20H26O10S2/c1-13-3-7-15(8-4-13)31(25,26)29-17(11-21)19(23)20(24)18(12-22)30-32(27,28)16-9-5-14(2)6-10-16/h3-10,17-24H,11-12H2,1-2H3. The molecule has 0 amide bonds. The molecule has 12 heteroatoms. The van der Waals surface area contributed by atoms with Gasteiger partial charge in [-0.2, -0.15) is 16.8 Å². The van der Waals surface area contributed by atoms with Crippen molar-refractivity contribution in [3.05, 3.63) is 59.7 Å². The SMILES string of the molecule is Cc1ccc(S(=O)(=O)OC(CO)C(O)C(O)C(CO)OS(=O)(=O)c2ccc(C)cc2)cc1. The molecule has 0 aliphatic heterocycles. The largest absolute Gasteiger partial charge is 0.394 e. The Morgan fingerprint density at radius 2 is 0.938 bits per heavy atom. The molecule has 0 aliphatic rings. The van der Waals surface area contributed by atoms with E-state index in [0.717, 1.165) is 11.1 Å². The average molecular weight is 491 g/mol. The van der Waals surface area contributed by atoms with Gasteiger partial charge < -0.3 is 20.4 Å². The molecular formula is C20H26O10S2. The molecule has 2 aromatic carbocycles. The molecule has 4 N–H and O–H groups in total. The molecule has 0 heterocycles. The third-order valence-electron chi connectivity index (χ3n) is 4.59. The topological polar surface area (TPSA) is 168 Å². The maximum absolute atomic E-state index is 12.4. The van der Waals surface area contributed by atoms with Crippen molar-refractivity contribution in [3.63, 3.8) is 0 Å². The first-order valence-electron chi connectivity index (χ1n) is 9.49. The summed E-state index contributed by atoms with van der Waals surface area (Å²) in [7, 11) is -8.87. The molecule has 2 aromatic rings. The summed E-state index contributed by atoms with van der Waals surface area (Å²) in [5, 5.41) is 39.7. The number of aliphatic hydroxyl groups excluding tert-OH is 4. The second-order valence-electron chi connectivity index (χ2n) is 7.15. The summed E-state index contributed by atoms with van der Waals surface area (Å²) in [6, 6.07) is 11.1. The zero-order valence-electron chi connectivity index (χ0n) is 17.4. The lowest BCUT2D eigenvalue weighted by Gasteiger charge is -2.29. The summed E-state index contributed by atoms with van der Waals surface area (Å²) >= 11 is 0. The number of aryl methyl sites for hydroxylation is 2. The molecule has 0 bridgehead atoms. The van der Waals surface area contributed by atoms with Crippen LogP contribution in [0.3, 0.4) is 0 Å². The van der Waals surface area contributed by atoms with Crippen LogP contribution in [0.4, 0.5) is 0 Å². The van der Waals surface area contributed by atoms with Crippen molar-refractivity contribution in [2.75, 3.05) is 13.2 Å². The van der Waals surface area contributed by atoms with E-state index in [1.807, 2.05) is 0 Å². The zero-order chi connectivity index (χ0) is 24.1. The van der Waals surface area contributed by atoms with Crippen LogP contribution in [0.5, 0.6) is 0 Å². The summed E-state index contributed by atoms with van der Waals surface area (Å²) in [5.41, 5.74) is 1.58. The van der Waals surface area contributed by atoms with Crippen molar-refractivity contribution in [2.45, 2.75) is 48.1 Å². The summed E-state index contributed by atoms with van der Waals surface area (Å²) in [5.74, 6) is 0. The van der Waals surface area contributed by atoms with Crippen LogP contribution in [-0.4, -0.2) is 74.9 Å². The molecule has 0 aliphatic carbocycles. The Morgan fingerprint density at radius 1 is 0.656 bits per heavy atom. The van der Waals surface area contributed by atoms with E-state index in [-0.39, 0.29) is 9.79 Å². The summed E-state index contributed by atoms with van der Waals surface area (Å²) in [6.45, 7) is 1.42. The Morgan fingerprint density at radius 3 is 1.19 bits per heavy atom. The van der Waals surface area contributed by atoms with Gasteiger partial charge >= 0.3 is 0 Å². The van der Waals surface area contributed by atoms with Crippen LogP contribution in [0.1, 0.15) is 11.1 Å². The van der Waals surface area contributed by atoms with Crippen LogP contribution >= 0.6 is 0 Å². The fourth-order valence-corrected chi connectivity index (χ4v) is 4.84. The predicted octanol–water partition coefficient (Wildman–Crippen LogP) is -0.142. The van der Waals surface area contributed by atoms with Crippen molar-refractivity contribution in [1.29, 1.82) is 0 Å². The zero-order valence-corrected chi connectivity index (χ0v) is 19.0. The van der Waals surface area contributed by atoms with Gasteiger partial charge in [0, 0.05) is 0 Å². The molecule has 0 saturated heterocycles. The van der Waals surface area contributed by atoms with Crippen molar-refractivity contribution in [1.82, 2.24) is 0 Å². The van der Waals surface area contributed by atoms with Crippen LogP contribution in [-0.2, 0) is 28.6 Å². The van der Waals surface area contributed by atoms with Gasteiger partial charge in [-0.1, -0.05) is 35.4 Å². The summed E-state index contributed by atoms with van der Waals surface area (Å²) < 4.78 is 59.4. The third kappa shape index (κ3) is 6.56. The normalized spacial score (nSPS) is 16.3. The third-order valence-corrected chi connectivity index (χ3v) is 7.29. The number of benzene rings is 2. The van der Waals surface area contributed by atoms with E-state index in [1.54, 1.807) is 13.8 Å². The van der Waals surface area contributed by atoms with Gasteiger partial charge in [-0.25, -0.2) is 0 Å². The number of aliphatic hydroxyl groups is 4. The number of rotatable bonds is 11. The van der Waals surface area contributed by atoms with Crippen LogP contribution in [0.15, 0.2) is 58.3 Å². The second kappa shape index (κ2) is 10.8. The van der Waals surface area contributed by atoms with Gasteiger partial charge in [-0.05, 0) is 38.1 Å². The highest BCUT2D eigenvalue weighted by Gasteiger charge is 2.38. The second-order valence-corrected chi connectivity index (χ2v) is 10.3. The minimum Gasteiger partial charge on any atom is -0.394 e. The molecule has 10 nitrogen and oxygen atoms in total. The van der Waals surface area contributed by atoms with E-state index in [4.69, 9.17) is 8.37 Å². The Kier molecular flexibility index (Phi) is 8.90. The Bertz CT molecular complexity index is 991. The van der Waals surface area contributed by atoms with Crippen LogP contribution in [0.25, 0.3) is 0 Å². The molecule has 0 saturated carbocycles. The van der Waals surface area contributed by atoms with Crippen LogP contribution < -0.4 is 0 Å². The molecule has 4 atom stereocenters. The Balaban J connectivity index is 2.18. The lowest BCUT2D eigenvalue weighted by atomic mass is 10.0. The molecule has 32 heavy (non-hydrogen) atoms. The van der Waals surface area contributed by atoms with Crippen molar-refractivity contribution in [2.24, 2.45) is 0 Å². The average Bonchev–Trinajstić information content (AvgIpc) is 2.75. The molecular weight excluding hydrogens is 464 g/mol. The molecule has 4 unspecified atom stereocenters. The van der Waals surface area contributed by atoms with Gasteiger partial charge in [0.15, 0.2) is 0 Å². The van der Waals surface area contributed by atoms with Gasteiger partial charge in [0.05, 0.1) is 23.0 Å². The summed E-state index contributed by atoms with van der Waals surface area (Å²) in [6.07, 6.45) is -7.97. The maximum atomic E-state index is 12.4. The highest BCUT2D eigenvalue weighted by molar-refractivity contribution is 7.87. The molecule has 2 rings (SSSR count). The van der Waals surface area contributed by atoms with E-state index < -0.39 is 57.9 Å². The van der Waals surface area contributed by atoms with Crippen LogP contribution in [0.2, 0.25) is 0 Å². The van der Waals surface area contributed by atoms with Gasteiger partial charge in [0.25, 0.3) is 20.2 Å². The van der Waals surface area contributed by atoms with E-state index in [0.29, 0.717) is 0 Å². The van der Waals surface area contributed by atoms with E-state index in [1.165, 1.54) is 48.5 Å². The van der Waals surface area contributed by atoms with E-state index in [2.05, 4.69) is 0 Å². The lowest BCUT2D eigenvalue weighted by Crippen LogP contribution is -2.50. The van der Waals surface area contributed by atoms with E-state index in [9.17, 15) is 37.3 Å². The first kappa shape index (κ1) is 26.4. The van der Waals surface area contributed by atoms with Crippen LogP contribution in [0, 0.1) is 13.8 Å². The van der Waals surface area contributed by atoms with Crippen molar-refractivity contribution >= 4 is 20.2 Å². The van der Waals surface area contributed by atoms with Gasteiger partial charge in [0.1, 0.15) is 24.4 Å². The quantitative estimate of drug-likeness (QED) is 0.311.